The molecule has 5 nitrogen and oxygen atoms in total. The lowest BCUT2D eigenvalue weighted by atomic mass is 10.1. The standard InChI is InChI=1S/C12H18N4OS/c1-12(2)7-16(3-4-18-12)10-5-8(11(14)17)9(13)6-15-10/h5-6H,3-4,7,13H2,1-2H3,(H2,14,17). The zero-order chi connectivity index (χ0) is 13.3. The average molecular weight is 266 g/mol. The van der Waals surface area contributed by atoms with Crippen LogP contribution in [-0.2, 0) is 0 Å². The SMILES string of the molecule is CC1(C)CN(c2cc(C(N)=O)c(N)cn2)CCS1. The topological polar surface area (TPSA) is 85.2 Å². The largest absolute Gasteiger partial charge is 0.397 e. The quantitative estimate of drug-likeness (QED) is 0.837. The Balaban J connectivity index is 2.28. The van der Waals surface area contributed by atoms with E-state index in [-0.39, 0.29) is 4.75 Å². The lowest BCUT2D eigenvalue weighted by Crippen LogP contribution is -2.43. The lowest BCUT2D eigenvalue weighted by molar-refractivity contribution is 0.100. The van der Waals surface area contributed by atoms with Crippen molar-refractivity contribution in [1.82, 2.24) is 4.98 Å². The summed E-state index contributed by atoms with van der Waals surface area (Å²) >= 11 is 1.95. The van der Waals surface area contributed by atoms with Gasteiger partial charge in [0.2, 0.25) is 0 Å². The van der Waals surface area contributed by atoms with Crippen LogP contribution in [0.5, 0.6) is 0 Å². The molecule has 98 valence electrons. The predicted molar refractivity (Wildman–Crippen MR) is 75.9 cm³/mol. The van der Waals surface area contributed by atoms with Crippen molar-refractivity contribution in [3.05, 3.63) is 17.8 Å². The zero-order valence-corrected chi connectivity index (χ0v) is 11.5. The summed E-state index contributed by atoms with van der Waals surface area (Å²) in [7, 11) is 0. The molecule has 1 fully saturated rings. The third-order valence-electron chi connectivity index (χ3n) is 2.94. The number of nitrogens with two attached hydrogens (primary N) is 2. The number of hydrogen-bond acceptors (Lipinski definition) is 5. The molecule has 1 aliphatic rings. The second-order valence-corrected chi connectivity index (χ2v) is 6.83. The lowest BCUT2D eigenvalue weighted by Gasteiger charge is -2.38. The molecule has 1 aliphatic heterocycles. The van der Waals surface area contributed by atoms with E-state index in [1.807, 2.05) is 11.8 Å². The molecule has 0 aliphatic carbocycles. The van der Waals surface area contributed by atoms with Crippen molar-refractivity contribution in [3.63, 3.8) is 0 Å². The van der Waals surface area contributed by atoms with Gasteiger partial charge < -0.3 is 16.4 Å². The maximum absolute atomic E-state index is 11.3. The van der Waals surface area contributed by atoms with E-state index < -0.39 is 5.91 Å². The van der Waals surface area contributed by atoms with Gasteiger partial charge in [-0.1, -0.05) is 0 Å². The Morgan fingerprint density at radius 3 is 2.89 bits per heavy atom. The van der Waals surface area contributed by atoms with Gasteiger partial charge in [0.25, 0.3) is 5.91 Å². The van der Waals surface area contributed by atoms with E-state index in [4.69, 9.17) is 11.5 Å². The predicted octanol–water partition coefficient (Wildman–Crippen LogP) is 1.09. The fourth-order valence-electron chi connectivity index (χ4n) is 2.05. The van der Waals surface area contributed by atoms with Crippen LogP contribution in [0.3, 0.4) is 0 Å². The molecule has 2 heterocycles. The van der Waals surface area contributed by atoms with Crippen molar-refractivity contribution >= 4 is 29.2 Å². The fraction of sp³-hybridized carbons (Fsp3) is 0.500. The van der Waals surface area contributed by atoms with Crippen molar-refractivity contribution in [1.29, 1.82) is 0 Å². The van der Waals surface area contributed by atoms with Gasteiger partial charge in [0.15, 0.2) is 0 Å². The van der Waals surface area contributed by atoms with E-state index in [2.05, 4.69) is 23.7 Å². The van der Waals surface area contributed by atoms with Gasteiger partial charge >= 0.3 is 0 Å². The zero-order valence-electron chi connectivity index (χ0n) is 10.6. The summed E-state index contributed by atoms with van der Waals surface area (Å²) in [6.07, 6.45) is 1.50. The van der Waals surface area contributed by atoms with Gasteiger partial charge in [-0.2, -0.15) is 11.8 Å². The number of nitrogens with zero attached hydrogens (tertiary/aromatic N) is 2. The molecule has 0 saturated carbocycles. The van der Waals surface area contributed by atoms with Crippen molar-refractivity contribution in [2.24, 2.45) is 5.73 Å². The van der Waals surface area contributed by atoms with E-state index in [1.165, 1.54) is 6.20 Å². The average Bonchev–Trinajstić information content (AvgIpc) is 2.27. The van der Waals surface area contributed by atoms with Gasteiger partial charge in [0.05, 0.1) is 17.4 Å². The van der Waals surface area contributed by atoms with Gasteiger partial charge in [-0.3, -0.25) is 4.79 Å². The highest BCUT2D eigenvalue weighted by Gasteiger charge is 2.28. The second-order valence-electron chi connectivity index (χ2n) is 5.02. The van der Waals surface area contributed by atoms with Crippen LogP contribution in [0.15, 0.2) is 12.3 Å². The summed E-state index contributed by atoms with van der Waals surface area (Å²) in [6.45, 7) is 6.22. The van der Waals surface area contributed by atoms with Crippen LogP contribution in [-0.4, -0.2) is 34.5 Å². The highest BCUT2D eigenvalue weighted by molar-refractivity contribution is 8.00. The van der Waals surface area contributed by atoms with Crippen LogP contribution in [0, 0.1) is 0 Å². The number of hydrogen-bond donors (Lipinski definition) is 2. The van der Waals surface area contributed by atoms with E-state index in [1.54, 1.807) is 6.07 Å². The first-order chi connectivity index (χ1) is 8.39. The van der Waals surface area contributed by atoms with Gasteiger partial charge in [0, 0.05) is 23.6 Å². The first kappa shape index (κ1) is 13.0. The summed E-state index contributed by atoms with van der Waals surface area (Å²) in [5.41, 5.74) is 11.7. The molecule has 1 saturated heterocycles. The summed E-state index contributed by atoms with van der Waals surface area (Å²) < 4.78 is 0.189. The summed E-state index contributed by atoms with van der Waals surface area (Å²) in [5, 5.41) is 0. The highest BCUT2D eigenvalue weighted by atomic mass is 32.2. The Bertz CT molecular complexity index is 475. The Hall–Kier alpha value is -1.43. The van der Waals surface area contributed by atoms with E-state index in [9.17, 15) is 4.79 Å². The summed E-state index contributed by atoms with van der Waals surface area (Å²) in [4.78, 5) is 17.7. The summed E-state index contributed by atoms with van der Waals surface area (Å²) in [5.74, 6) is 1.30. The van der Waals surface area contributed by atoms with Crippen LogP contribution < -0.4 is 16.4 Å². The Labute approximate surface area is 111 Å². The summed E-state index contributed by atoms with van der Waals surface area (Å²) in [6, 6.07) is 1.68. The van der Waals surface area contributed by atoms with Crippen molar-refractivity contribution in [2.45, 2.75) is 18.6 Å². The molecule has 0 spiro atoms. The van der Waals surface area contributed by atoms with Crippen molar-refractivity contribution in [2.75, 3.05) is 29.5 Å². The molecule has 0 atom stereocenters. The van der Waals surface area contributed by atoms with E-state index in [0.717, 1.165) is 24.7 Å². The molecule has 2 rings (SSSR count). The van der Waals surface area contributed by atoms with Crippen LogP contribution in [0.2, 0.25) is 0 Å². The van der Waals surface area contributed by atoms with Crippen LogP contribution in [0.4, 0.5) is 11.5 Å². The first-order valence-electron chi connectivity index (χ1n) is 5.83. The first-order valence-corrected chi connectivity index (χ1v) is 6.82. The number of carbonyl (C=O) groups excluding carboxylic acids is 1. The van der Waals surface area contributed by atoms with E-state index >= 15 is 0 Å². The number of rotatable bonds is 2. The molecule has 0 aromatic carbocycles. The molecule has 18 heavy (non-hydrogen) atoms. The van der Waals surface area contributed by atoms with Gasteiger partial charge in [-0.25, -0.2) is 4.98 Å². The molecule has 6 heteroatoms. The fourth-order valence-corrected chi connectivity index (χ4v) is 3.16. The smallest absolute Gasteiger partial charge is 0.250 e. The number of carbonyl (C=O) groups is 1. The number of anilines is 2. The number of amides is 1. The number of nitrogen functional groups attached to an aromatic ring is 1. The van der Waals surface area contributed by atoms with Crippen LogP contribution in [0.25, 0.3) is 0 Å². The minimum atomic E-state index is -0.512. The second kappa shape index (κ2) is 4.68. The number of aromatic nitrogens is 1. The van der Waals surface area contributed by atoms with Gasteiger partial charge in [-0.05, 0) is 19.9 Å². The number of primary amides is 1. The maximum atomic E-state index is 11.3. The van der Waals surface area contributed by atoms with Crippen molar-refractivity contribution in [3.8, 4) is 0 Å². The number of pyridine rings is 1. The Kier molecular flexibility index (Phi) is 3.38. The van der Waals surface area contributed by atoms with Crippen molar-refractivity contribution < 1.29 is 4.79 Å². The molecule has 0 bridgehead atoms. The minimum Gasteiger partial charge on any atom is -0.397 e. The molecule has 1 amide bonds. The van der Waals surface area contributed by atoms with Crippen LogP contribution >= 0.6 is 11.8 Å². The monoisotopic (exact) mass is 266 g/mol. The molecule has 1 aromatic heterocycles. The Morgan fingerprint density at radius 2 is 2.28 bits per heavy atom. The molecule has 1 aromatic rings. The number of thioether (sulfide) groups is 1. The van der Waals surface area contributed by atoms with Gasteiger partial charge in [0.1, 0.15) is 5.82 Å². The molecule has 0 unspecified atom stereocenters. The van der Waals surface area contributed by atoms with E-state index in [0.29, 0.717) is 11.3 Å². The maximum Gasteiger partial charge on any atom is 0.250 e. The highest BCUT2D eigenvalue weighted by Crippen LogP contribution is 2.32. The minimum absolute atomic E-state index is 0.189. The molecular formula is C12H18N4OS. The molecular weight excluding hydrogens is 248 g/mol. The normalized spacial score (nSPS) is 18.7. The van der Waals surface area contributed by atoms with Gasteiger partial charge in [-0.15, -0.1) is 0 Å². The molecule has 4 N–H and O–H groups in total. The van der Waals surface area contributed by atoms with Crippen LogP contribution in [0.1, 0.15) is 24.2 Å². The molecule has 0 radical (unpaired) electrons. The third-order valence-corrected chi connectivity index (χ3v) is 4.23. The third kappa shape index (κ3) is 2.69. The Morgan fingerprint density at radius 1 is 1.56 bits per heavy atom.